The lowest BCUT2D eigenvalue weighted by Gasteiger charge is -2.09. The molecule has 3 rings (SSSR count). The monoisotopic (exact) mass is 456 g/mol. The van der Waals surface area contributed by atoms with Crippen LogP contribution in [0.15, 0.2) is 65.8 Å². The highest BCUT2D eigenvalue weighted by Crippen LogP contribution is 2.25. The quantitative estimate of drug-likeness (QED) is 0.348. The van der Waals surface area contributed by atoms with Crippen LogP contribution in [0, 0.1) is 13.8 Å². The van der Waals surface area contributed by atoms with Crippen molar-refractivity contribution in [3.63, 3.8) is 0 Å². The van der Waals surface area contributed by atoms with E-state index in [1.807, 2.05) is 62.4 Å². The Morgan fingerprint density at radius 3 is 2.32 bits per heavy atom. The number of halogens is 2. The predicted molar refractivity (Wildman–Crippen MR) is 124 cm³/mol. The van der Waals surface area contributed by atoms with Crippen molar-refractivity contribution in [1.82, 2.24) is 5.43 Å². The van der Waals surface area contributed by atoms with E-state index in [1.165, 1.54) is 0 Å². The molecule has 0 saturated heterocycles. The Morgan fingerprint density at radius 2 is 1.65 bits per heavy atom. The van der Waals surface area contributed by atoms with E-state index in [-0.39, 0.29) is 12.5 Å². The van der Waals surface area contributed by atoms with Crippen LogP contribution in [-0.2, 0) is 11.4 Å². The lowest BCUT2D eigenvalue weighted by Crippen LogP contribution is -2.24. The Morgan fingerprint density at radius 1 is 0.968 bits per heavy atom. The molecule has 0 aliphatic heterocycles. The Kier molecular flexibility index (Phi) is 7.93. The number of ether oxygens (including phenoxy) is 2. The van der Waals surface area contributed by atoms with Gasteiger partial charge in [0.2, 0.25) is 0 Å². The van der Waals surface area contributed by atoms with E-state index in [0.717, 1.165) is 22.3 Å². The SMILES string of the molecule is Cc1cc(OCC(=O)N/N=C/c2ccc(OCc3ccccc3Cl)cc2)cc(C)c1Cl. The van der Waals surface area contributed by atoms with Crippen molar-refractivity contribution in [1.29, 1.82) is 0 Å². The highest BCUT2D eigenvalue weighted by molar-refractivity contribution is 6.32. The minimum absolute atomic E-state index is 0.146. The zero-order valence-corrected chi connectivity index (χ0v) is 18.7. The van der Waals surface area contributed by atoms with Gasteiger partial charge in [-0.3, -0.25) is 4.79 Å². The van der Waals surface area contributed by atoms with Gasteiger partial charge >= 0.3 is 0 Å². The molecular formula is C24H22Cl2N2O3. The minimum Gasteiger partial charge on any atom is -0.489 e. The first-order chi connectivity index (χ1) is 14.9. The third-order valence-corrected chi connectivity index (χ3v) is 5.38. The van der Waals surface area contributed by atoms with Crippen molar-refractivity contribution >= 4 is 35.3 Å². The van der Waals surface area contributed by atoms with Gasteiger partial charge in [-0.05, 0) is 73.0 Å². The fourth-order valence-electron chi connectivity index (χ4n) is 2.78. The number of hydrogen-bond donors (Lipinski definition) is 1. The normalized spacial score (nSPS) is 10.8. The highest BCUT2D eigenvalue weighted by Gasteiger charge is 2.06. The van der Waals surface area contributed by atoms with Crippen molar-refractivity contribution < 1.29 is 14.3 Å². The van der Waals surface area contributed by atoms with Gasteiger partial charge in [0.05, 0.1) is 6.21 Å². The summed E-state index contributed by atoms with van der Waals surface area (Å²) in [5.74, 6) is 0.940. The second kappa shape index (κ2) is 10.8. The van der Waals surface area contributed by atoms with Gasteiger partial charge in [0, 0.05) is 15.6 Å². The Bertz CT molecular complexity index is 1060. The predicted octanol–water partition coefficient (Wildman–Crippen LogP) is 5.72. The van der Waals surface area contributed by atoms with Crippen LogP contribution < -0.4 is 14.9 Å². The van der Waals surface area contributed by atoms with Crippen LogP contribution in [0.25, 0.3) is 0 Å². The fraction of sp³-hybridized carbons (Fsp3) is 0.167. The molecule has 0 bridgehead atoms. The molecule has 0 atom stereocenters. The topological polar surface area (TPSA) is 59.9 Å². The van der Waals surface area contributed by atoms with Crippen molar-refractivity contribution in [3.8, 4) is 11.5 Å². The number of rotatable bonds is 8. The number of carbonyl (C=O) groups is 1. The summed E-state index contributed by atoms with van der Waals surface area (Å²) in [5.41, 5.74) is 5.97. The van der Waals surface area contributed by atoms with Crippen LogP contribution in [-0.4, -0.2) is 18.7 Å². The maximum absolute atomic E-state index is 11.9. The average molecular weight is 457 g/mol. The van der Waals surface area contributed by atoms with Crippen molar-refractivity contribution in [2.75, 3.05) is 6.61 Å². The molecule has 0 radical (unpaired) electrons. The number of carbonyl (C=O) groups excluding carboxylic acids is 1. The third-order valence-electron chi connectivity index (χ3n) is 4.42. The van der Waals surface area contributed by atoms with Crippen molar-refractivity contribution in [2.45, 2.75) is 20.5 Å². The molecule has 160 valence electrons. The van der Waals surface area contributed by atoms with Crippen LogP contribution >= 0.6 is 23.2 Å². The van der Waals surface area contributed by atoms with Crippen molar-refractivity contribution in [2.24, 2.45) is 5.10 Å². The van der Waals surface area contributed by atoms with Gasteiger partial charge in [0.1, 0.15) is 18.1 Å². The summed E-state index contributed by atoms with van der Waals surface area (Å²) in [4.78, 5) is 11.9. The maximum atomic E-state index is 11.9. The van der Waals surface area contributed by atoms with E-state index in [0.29, 0.717) is 28.2 Å². The van der Waals surface area contributed by atoms with E-state index in [4.69, 9.17) is 32.7 Å². The molecule has 1 amide bonds. The van der Waals surface area contributed by atoms with E-state index < -0.39 is 0 Å². The Hall–Kier alpha value is -3.02. The highest BCUT2D eigenvalue weighted by atomic mass is 35.5. The van der Waals surface area contributed by atoms with Gasteiger partial charge in [-0.2, -0.15) is 5.10 Å². The Balaban J connectivity index is 1.45. The zero-order chi connectivity index (χ0) is 22.2. The fourth-order valence-corrected chi connectivity index (χ4v) is 3.08. The van der Waals surface area contributed by atoms with E-state index in [1.54, 1.807) is 18.3 Å². The number of hydrogen-bond acceptors (Lipinski definition) is 4. The second-order valence-corrected chi connectivity index (χ2v) is 7.69. The summed E-state index contributed by atoms with van der Waals surface area (Å²) in [6.07, 6.45) is 1.55. The molecular weight excluding hydrogens is 435 g/mol. The first-order valence-corrected chi connectivity index (χ1v) is 10.4. The molecule has 3 aromatic rings. The van der Waals surface area contributed by atoms with Crippen molar-refractivity contribution in [3.05, 3.63) is 93.0 Å². The smallest absolute Gasteiger partial charge is 0.277 e. The van der Waals surface area contributed by atoms with Gasteiger partial charge in [-0.25, -0.2) is 5.43 Å². The van der Waals surface area contributed by atoms with Crippen LogP contribution in [0.5, 0.6) is 11.5 Å². The molecule has 1 N–H and O–H groups in total. The molecule has 0 spiro atoms. The van der Waals surface area contributed by atoms with Gasteiger partial charge in [-0.15, -0.1) is 0 Å². The number of hydrazone groups is 1. The van der Waals surface area contributed by atoms with Gasteiger partial charge in [0.25, 0.3) is 5.91 Å². The average Bonchev–Trinajstić information content (AvgIpc) is 2.76. The zero-order valence-electron chi connectivity index (χ0n) is 17.2. The number of nitrogens with zero attached hydrogens (tertiary/aromatic N) is 1. The first-order valence-electron chi connectivity index (χ1n) is 9.60. The number of amides is 1. The lowest BCUT2D eigenvalue weighted by molar-refractivity contribution is -0.123. The Labute approximate surface area is 191 Å². The minimum atomic E-state index is -0.360. The molecule has 3 aromatic carbocycles. The summed E-state index contributed by atoms with van der Waals surface area (Å²) >= 11 is 12.3. The molecule has 0 heterocycles. The molecule has 0 unspecified atom stereocenters. The van der Waals surface area contributed by atoms with Gasteiger partial charge in [-0.1, -0.05) is 41.4 Å². The number of aryl methyl sites for hydroxylation is 2. The van der Waals surface area contributed by atoms with E-state index in [9.17, 15) is 4.79 Å². The standard InChI is InChI=1S/C24H22Cl2N2O3/c1-16-11-21(12-17(2)24(16)26)31-15-23(29)28-27-13-18-7-9-20(10-8-18)30-14-19-5-3-4-6-22(19)25/h3-13H,14-15H2,1-2H3,(H,28,29)/b27-13+. The van der Waals surface area contributed by atoms with E-state index in [2.05, 4.69) is 10.5 Å². The van der Waals surface area contributed by atoms with E-state index >= 15 is 0 Å². The molecule has 0 aromatic heterocycles. The third kappa shape index (κ3) is 6.74. The molecule has 0 aliphatic rings. The molecule has 0 aliphatic carbocycles. The number of benzene rings is 3. The number of nitrogens with one attached hydrogen (secondary N) is 1. The molecule has 5 nitrogen and oxygen atoms in total. The molecule has 31 heavy (non-hydrogen) atoms. The van der Waals surface area contributed by atoms with Gasteiger partial charge in [0.15, 0.2) is 6.61 Å². The molecule has 0 saturated carbocycles. The summed E-state index contributed by atoms with van der Waals surface area (Å²) in [6.45, 7) is 4.02. The largest absolute Gasteiger partial charge is 0.489 e. The summed E-state index contributed by atoms with van der Waals surface area (Å²) < 4.78 is 11.2. The van der Waals surface area contributed by atoms with Gasteiger partial charge < -0.3 is 9.47 Å². The molecule has 0 fully saturated rings. The van der Waals surface area contributed by atoms with Crippen LogP contribution in [0.2, 0.25) is 10.0 Å². The first kappa shape index (κ1) is 22.7. The molecule has 7 heteroatoms. The van der Waals surface area contributed by atoms with Crippen LogP contribution in [0.3, 0.4) is 0 Å². The summed E-state index contributed by atoms with van der Waals surface area (Å²) in [5, 5.41) is 5.32. The summed E-state index contributed by atoms with van der Waals surface area (Å²) in [7, 11) is 0. The lowest BCUT2D eigenvalue weighted by atomic mass is 10.1. The van der Waals surface area contributed by atoms with Crippen LogP contribution in [0.4, 0.5) is 0 Å². The maximum Gasteiger partial charge on any atom is 0.277 e. The summed E-state index contributed by atoms with van der Waals surface area (Å²) in [6, 6.07) is 18.5. The second-order valence-electron chi connectivity index (χ2n) is 6.90. The van der Waals surface area contributed by atoms with Crippen LogP contribution in [0.1, 0.15) is 22.3 Å².